The molecule has 6 heteroatoms. The van der Waals surface area contributed by atoms with E-state index in [0.29, 0.717) is 11.4 Å². The Morgan fingerprint density at radius 3 is 2.29 bits per heavy atom. The van der Waals surface area contributed by atoms with Crippen LogP contribution >= 0.6 is 0 Å². The minimum absolute atomic E-state index is 0.0220. The summed E-state index contributed by atoms with van der Waals surface area (Å²) in [7, 11) is 0. The Labute approximate surface area is 124 Å². The number of carbonyl (C=O) groups excluding carboxylic acids is 1. The summed E-state index contributed by atoms with van der Waals surface area (Å²) in [6.45, 7) is 7.70. The van der Waals surface area contributed by atoms with E-state index in [2.05, 4.69) is 10.6 Å². The Bertz CT molecular complexity index is 491. The SMILES string of the molecule is CC(NC(=O)Nc1ccc(OCC(=O)O)cc1)C(C)(C)C. The molecule has 1 unspecified atom stereocenters. The fraction of sp³-hybridized carbons (Fsp3) is 0.467. The molecule has 21 heavy (non-hydrogen) atoms. The van der Waals surface area contributed by atoms with Gasteiger partial charge in [0.25, 0.3) is 0 Å². The molecule has 0 spiro atoms. The Morgan fingerprint density at radius 1 is 1.24 bits per heavy atom. The normalized spacial score (nSPS) is 12.4. The van der Waals surface area contributed by atoms with Gasteiger partial charge in [-0.05, 0) is 36.6 Å². The summed E-state index contributed by atoms with van der Waals surface area (Å²) in [5.41, 5.74) is 0.586. The Balaban J connectivity index is 2.52. The summed E-state index contributed by atoms with van der Waals surface area (Å²) in [4.78, 5) is 22.2. The van der Waals surface area contributed by atoms with Gasteiger partial charge in [0.05, 0.1) is 0 Å². The lowest BCUT2D eigenvalue weighted by Gasteiger charge is -2.28. The fourth-order valence-corrected chi connectivity index (χ4v) is 1.36. The van der Waals surface area contributed by atoms with Crippen molar-refractivity contribution in [3.05, 3.63) is 24.3 Å². The van der Waals surface area contributed by atoms with E-state index in [4.69, 9.17) is 9.84 Å². The first-order valence-corrected chi connectivity index (χ1v) is 6.70. The molecule has 3 N–H and O–H groups in total. The maximum Gasteiger partial charge on any atom is 0.341 e. The van der Waals surface area contributed by atoms with Crippen molar-refractivity contribution in [3.63, 3.8) is 0 Å². The first kappa shape index (κ1) is 16.8. The van der Waals surface area contributed by atoms with Crippen molar-refractivity contribution in [2.24, 2.45) is 5.41 Å². The van der Waals surface area contributed by atoms with E-state index in [9.17, 15) is 9.59 Å². The molecular weight excluding hydrogens is 272 g/mol. The standard InChI is InChI=1S/C15H22N2O4/c1-10(15(2,3)4)16-14(20)17-11-5-7-12(8-6-11)21-9-13(18)19/h5-8,10H,9H2,1-4H3,(H,18,19)(H2,16,17,20). The maximum atomic E-state index is 11.8. The zero-order valence-electron chi connectivity index (χ0n) is 12.8. The van der Waals surface area contributed by atoms with Crippen LogP contribution in [0.1, 0.15) is 27.7 Å². The molecule has 0 saturated heterocycles. The van der Waals surface area contributed by atoms with Gasteiger partial charge in [0.1, 0.15) is 5.75 Å². The van der Waals surface area contributed by atoms with Crippen molar-refractivity contribution in [2.75, 3.05) is 11.9 Å². The summed E-state index contributed by atoms with van der Waals surface area (Å²) in [6.07, 6.45) is 0. The number of aliphatic carboxylic acids is 1. The lowest BCUT2D eigenvalue weighted by atomic mass is 9.88. The number of carbonyl (C=O) groups is 2. The molecule has 0 aliphatic carbocycles. The Hall–Kier alpha value is -2.24. The topological polar surface area (TPSA) is 87.7 Å². The van der Waals surface area contributed by atoms with Crippen LogP contribution in [-0.2, 0) is 4.79 Å². The molecule has 1 aromatic carbocycles. The number of urea groups is 1. The fourth-order valence-electron chi connectivity index (χ4n) is 1.36. The third-order valence-electron chi connectivity index (χ3n) is 3.12. The molecule has 0 fully saturated rings. The third-order valence-corrected chi connectivity index (χ3v) is 3.12. The molecular formula is C15H22N2O4. The molecule has 0 radical (unpaired) electrons. The van der Waals surface area contributed by atoms with Gasteiger partial charge in [-0.2, -0.15) is 0 Å². The van der Waals surface area contributed by atoms with Crippen LogP contribution in [0.2, 0.25) is 0 Å². The van der Waals surface area contributed by atoms with Crippen molar-refractivity contribution >= 4 is 17.7 Å². The third kappa shape index (κ3) is 6.16. The van der Waals surface area contributed by atoms with Gasteiger partial charge in [0.15, 0.2) is 6.61 Å². The lowest BCUT2D eigenvalue weighted by molar-refractivity contribution is -0.139. The van der Waals surface area contributed by atoms with Gasteiger partial charge < -0.3 is 20.5 Å². The molecule has 0 heterocycles. The van der Waals surface area contributed by atoms with Gasteiger partial charge in [-0.1, -0.05) is 20.8 Å². The number of nitrogens with one attached hydrogen (secondary N) is 2. The quantitative estimate of drug-likeness (QED) is 0.779. The van der Waals surface area contributed by atoms with Gasteiger partial charge in [-0.15, -0.1) is 0 Å². The van der Waals surface area contributed by atoms with Crippen LogP contribution in [0, 0.1) is 5.41 Å². The highest BCUT2D eigenvalue weighted by atomic mass is 16.5. The number of hydrogen-bond donors (Lipinski definition) is 3. The zero-order chi connectivity index (χ0) is 16.0. The van der Waals surface area contributed by atoms with Crippen molar-refractivity contribution in [1.82, 2.24) is 5.32 Å². The lowest BCUT2D eigenvalue weighted by Crippen LogP contribution is -2.43. The monoisotopic (exact) mass is 294 g/mol. The molecule has 1 aromatic rings. The summed E-state index contributed by atoms with van der Waals surface area (Å²) < 4.78 is 5.01. The first-order chi connectivity index (χ1) is 9.68. The molecule has 1 atom stereocenters. The van der Waals surface area contributed by atoms with Crippen molar-refractivity contribution in [3.8, 4) is 5.75 Å². The van der Waals surface area contributed by atoms with E-state index in [1.165, 1.54) is 0 Å². The number of anilines is 1. The van der Waals surface area contributed by atoms with Crippen LogP contribution in [0.15, 0.2) is 24.3 Å². The molecule has 0 saturated carbocycles. The second-order valence-corrected chi connectivity index (χ2v) is 5.89. The Kier molecular flexibility index (Phi) is 5.58. The highest BCUT2D eigenvalue weighted by molar-refractivity contribution is 5.89. The zero-order valence-corrected chi connectivity index (χ0v) is 12.8. The average molecular weight is 294 g/mol. The number of hydrogen-bond acceptors (Lipinski definition) is 3. The summed E-state index contributed by atoms with van der Waals surface area (Å²) in [6, 6.07) is 6.25. The average Bonchev–Trinajstić information content (AvgIpc) is 2.36. The van der Waals surface area contributed by atoms with Crippen molar-refractivity contribution in [2.45, 2.75) is 33.7 Å². The molecule has 0 aromatic heterocycles. The van der Waals surface area contributed by atoms with Crippen LogP contribution in [0.4, 0.5) is 10.5 Å². The van der Waals surface area contributed by atoms with Crippen molar-refractivity contribution < 1.29 is 19.4 Å². The van der Waals surface area contributed by atoms with Crippen molar-refractivity contribution in [1.29, 1.82) is 0 Å². The number of benzene rings is 1. The highest BCUT2D eigenvalue weighted by Gasteiger charge is 2.21. The minimum atomic E-state index is -1.03. The van der Waals surface area contributed by atoms with Gasteiger partial charge in [-0.25, -0.2) is 9.59 Å². The highest BCUT2D eigenvalue weighted by Crippen LogP contribution is 2.19. The Morgan fingerprint density at radius 2 is 1.81 bits per heavy atom. The van der Waals surface area contributed by atoms with Gasteiger partial charge in [-0.3, -0.25) is 0 Å². The van der Waals surface area contributed by atoms with Crippen LogP contribution in [0.3, 0.4) is 0 Å². The number of rotatable bonds is 5. The number of carboxylic acid groups (broad SMARTS) is 1. The summed E-state index contributed by atoms with van der Waals surface area (Å²) >= 11 is 0. The van der Waals surface area contributed by atoms with E-state index < -0.39 is 12.6 Å². The predicted octanol–water partition coefficient (Wildman–Crippen LogP) is 2.71. The maximum absolute atomic E-state index is 11.8. The van der Waals surface area contributed by atoms with Crippen LogP contribution in [0.5, 0.6) is 5.75 Å². The van der Waals surface area contributed by atoms with E-state index >= 15 is 0 Å². The smallest absolute Gasteiger partial charge is 0.341 e. The number of amides is 2. The molecule has 0 bridgehead atoms. The second kappa shape index (κ2) is 6.97. The minimum Gasteiger partial charge on any atom is -0.482 e. The first-order valence-electron chi connectivity index (χ1n) is 6.70. The van der Waals surface area contributed by atoms with Gasteiger partial charge >= 0.3 is 12.0 Å². The predicted molar refractivity (Wildman–Crippen MR) is 80.6 cm³/mol. The van der Waals surface area contributed by atoms with E-state index in [1.54, 1.807) is 24.3 Å². The molecule has 116 valence electrons. The van der Waals surface area contributed by atoms with Crippen LogP contribution < -0.4 is 15.4 Å². The number of ether oxygens (including phenoxy) is 1. The van der Waals surface area contributed by atoms with Crippen LogP contribution in [0.25, 0.3) is 0 Å². The second-order valence-electron chi connectivity index (χ2n) is 5.89. The number of carboxylic acids is 1. The van der Waals surface area contributed by atoms with E-state index in [1.807, 2.05) is 27.7 Å². The van der Waals surface area contributed by atoms with Crippen LogP contribution in [-0.4, -0.2) is 29.8 Å². The molecule has 1 rings (SSSR count). The van der Waals surface area contributed by atoms with Gasteiger partial charge in [0.2, 0.25) is 0 Å². The molecule has 6 nitrogen and oxygen atoms in total. The molecule has 0 aliphatic heterocycles. The van der Waals surface area contributed by atoms with E-state index in [-0.39, 0.29) is 17.5 Å². The summed E-state index contributed by atoms with van der Waals surface area (Å²) in [5, 5.41) is 14.1. The molecule has 2 amide bonds. The van der Waals surface area contributed by atoms with Gasteiger partial charge in [0, 0.05) is 11.7 Å². The molecule has 0 aliphatic rings. The largest absolute Gasteiger partial charge is 0.482 e. The van der Waals surface area contributed by atoms with E-state index in [0.717, 1.165) is 0 Å². The summed E-state index contributed by atoms with van der Waals surface area (Å²) in [5.74, 6) is -0.598.